The van der Waals surface area contributed by atoms with E-state index in [9.17, 15) is 18.0 Å². The van der Waals surface area contributed by atoms with E-state index in [0.29, 0.717) is 13.1 Å². The lowest BCUT2D eigenvalue weighted by Crippen LogP contribution is -2.50. The molecule has 1 aliphatic rings. The maximum Gasteiger partial charge on any atom is 0.416 e. The Morgan fingerprint density at radius 1 is 0.812 bits per heavy atom. The topological polar surface area (TPSA) is 35.6 Å². The molecule has 1 atom stereocenters. The summed E-state index contributed by atoms with van der Waals surface area (Å²) in [5.74, 6) is -0.344. The molecule has 1 fully saturated rings. The molecule has 1 saturated heterocycles. The highest BCUT2D eigenvalue weighted by Crippen LogP contribution is 2.31. The molecule has 0 spiro atoms. The number of benzene rings is 3. The molecule has 1 aliphatic heterocycles. The van der Waals surface area contributed by atoms with E-state index >= 15 is 0 Å². The predicted octanol–water partition coefficient (Wildman–Crippen LogP) is 5.21. The Hall–Kier alpha value is -3.32. The van der Waals surface area contributed by atoms with Crippen LogP contribution in [-0.4, -0.2) is 37.0 Å². The monoisotopic (exact) mass is 439 g/mol. The van der Waals surface area contributed by atoms with E-state index in [0.717, 1.165) is 36.5 Å². The van der Waals surface area contributed by atoms with Gasteiger partial charge in [-0.1, -0.05) is 54.6 Å². The van der Waals surface area contributed by atoms with Crippen molar-refractivity contribution in [2.45, 2.75) is 12.2 Å². The molecule has 3 aromatic rings. The van der Waals surface area contributed by atoms with Crippen molar-refractivity contribution in [2.75, 3.05) is 36.4 Å². The fraction of sp³-hybridized carbons (Fsp3) is 0.240. The number of halogens is 3. The molecule has 32 heavy (non-hydrogen) atoms. The summed E-state index contributed by atoms with van der Waals surface area (Å²) in [6.45, 7) is 2.82. The average Bonchev–Trinajstić information content (AvgIpc) is 2.81. The number of hydrogen-bond acceptors (Lipinski definition) is 3. The molecule has 4 rings (SSSR count). The van der Waals surface area contributed by atoms with Gasteiger partial charge in [0.05, 0.1) is 5.56 Å². The van der Waals surface area contributed by atoms with Crippen LogP contribution in [0.15, 0.2) is 84.9 Å². The summed E-state index contributed by atoms with van der Waals surface area (Å²) in [6.07, 6.45) is -4.46. The molecule has 0 aliphatic carbocycles. The summed E-state index contributed by atoms with van der Waals surface area (Å²) < 4.78 is 39.2. The van der Waals surface area contributed by atoms with Gasteiger partial charge in [-0.3, -0.25) is 9.69 Å². The Bertz CT molecular complexity index is 1030. The van der Waals surface area contributed by atoms with Crippen LogP contribution in [0.2, 0.25) is 0 Å². The Balaban J connectivity index is 1.52. The lowest BCUT2D eigenvalue weighted by atomic mass is 10.0. The van der Waals surface area contributed by atoms with Crippen LogP contribution in [0.1, 0.15) is 17.2 Å². The minimum absolute atomic E-state index is 0.133. The molecule has 0 aromatic heterocycles. The SMILES string of the molecule is O=C(Nc1cccc(C(F)(F)F)c1)[C@H](c1ccccc1)N1CCN(c2ccccc2)CC1. The number of nitrogens with one attached hydrogen (secondary N) is 1. The van der Waals surface area contributed by atoms with Crippen molar-refractivity contribution in [2.24, 2.45) is 0 Å². The van der Waals surface area contributed by atoms with Crippen LogP contribution in [0.5, 0.6) is 0 Å². The van der Waals surface area contributed by atoms with Crippen LogP contribution in [0.25, 0.3) is 0 Å². The summed E-state index contributed by atoms with van der Waals surface area (Å²) in [7, 11) is 0. The number of amides is 1. The third kappa shape index (κ3) is 5.11. The molecule has 0 saturated carbocycles. The molecule has 0 unspecified atom stereocenters. The molecule has 1 amide bonds. The highest BCUT2D eigenvalue weighted by atomic mass is 19.4. The summed E-state index contributed by atoms with van der Waals surface area (Å²) in [5.41, 5.74) is 1.29. The van der Waals surface area contributed by atoms with E-state index in [1.165, 1.54) is 12.1 Å². The van der Waals surface area contributed by atoms with E-state index < -0.39 is 17.8 Å². The molecule has 1 heterocycles. The van der Waals surface area contributed by atoms with Gasteiger partial charge >= 0.3 is 6.18 Å². The van der Waals surface area contributed by atoms with Crippen LogP contribution < -0.4 is 10.2 Å². The Kier molecular flexibility index (Phi) is 6.46. The van der Waals surface area contributed by atoms with Gasteiger partial charge in [-0.15, -0.1) is 0 Å². The van der Waals surface area contributed by atoms with Gasteiger partial charge in [0.1, 0.15) is 6.04 Å². The minimum Gasteiger partial charge on any atom is -0.369 e. The second-order valence-corrected chi connectivity index (χ2v) is 7.74. The first kappa shape index (κ1) is 21.9. The van der Waals surface area contributed by atoms with Crippen molar-refractivity contribution in [3.63, 3.8) is 0 Å². The Morgan fingerprint density at radius 3 is 2.06 bits per heavy atom. The van der Waals surface area contributed by atoms with Crippen LogP contribution in [0.3, 0.4) is 0 Å². The van der Waals surface area contributed by atoms with E-state index in [4.69, 9.17) is 0 Å². The highest BCUT2D eigenvalue weighted by molar-refractivity contribution is 5.95. The third-order valence-electron chi connectivity index (χ3n) is 5.62. The summed E-state index contributed by atoms with van der Waals surface area (Å²) in [5, 5.41) is 2.70. The lowest BCUT2D eigenvalue weighted by molar-refractivity contribution is -0.137. The number of para-hydroxylation sites is 1. The van der Waals surface area contributed by atoms with E-state index in [-0.39, 0.29) is 11.6 Å². The van der Waals surface area contributed by atoms with Crippen LogP contribution in [-0.2, 0) is 11.0 Å². The van der Waals surface area contributed by atoms with Gasteiger partial charge in [0.2, 0.25) is 5.91 Å². The number of hydrogen-bond donors (Lipinski definition) is 1. The summed E-state index contributed by atoms with van der Waals surface area (Å²) in [6, 6.07) is 23.6. The Morgan fingerprint density at radius 2 is 1.44 bits per heavy atom. The quantitative estimate of drug-likeness (QED) is 0.593. The van der Waals surface area contributed by atoms with Crippen molar-refractivity contribution >= 4 is 17.3 Å². The van der Waals surface area contributed by atoms with Crippen LogP contribution in [0.4, 0.5) is 24.5 Å². The molecule has 166 valence electrons. The molecule has 1 N–H and O–H groups in total. The smallest absolute Gasteiger partial charge is 0.369 e. The van der Waals surface area contributed by atoms with E-state index in [1.54, 1.807) is 0 Å². The first-order valence-corrected chi connectivity index (χ1v) is 10.5. The fourth-order valence-electron chi connectivity index (χ4n) is 4.02. The first-order chi connectivity index (χ1) is 15.4. The van der Waals surface area contributed by atoms with Crippen molar-refractivity contribution in [1.82, 2.24) is 4.90 Å². The number of piperazine rings is 1. The molecule has 0 radical (unpaired) electrons. The van der Waals surface area contributed by atoms with Gasteiger partial charge in [0.15, 0.2) is 0 Å². The fourth-order valence-corrected chi connectivity index (χ4v) is 4.02. The van der Waals surface area contributed by atoms with E-state index in [1.807, 2.05) is 48.5 Å². The first-order valence-electron chi connectivity index (χ1n) is 10.5. The molecule has 4 nitrogen and oxygen atoms in total. The minimum atomic E-state index is -4.46. The average molecular weight is 439 g/mol. The van der Waals surface area contributed by atoms with Gasteiger partial charge in [-0.2, -0.15) is 13.2 Å². The number of alkyl halides is 3. The number of carbonyl (C=O) groups is 1. The lowest BCUT2D eigenvalue weighted by Gasteiger charge is -2.39. The summed E-state index contributed by atoms with van der Waals surface area (Å²) in [4.78, 5) is 17.6. The second kappa shape index (κ2) is 9.44. The van der Waals surface area contributed by atoms with Gasteiger partial charge in [-0.25, -0.2) is 0 Å². The molecular weight excluding hydrogens is 415 g/mol. The molecular formula is C25H24F3N3O. The molecule has 0 bridgehead atoms. The standard InChI is InChI=1S/C25H24F3N3O/c26-25(27,28)20-10-7-11-21(18-20)29-24(32)23(19-8-3-1-4-9-19)31-16-14-30(15-17-31)22-12-5-2-6-13-22/h1-13,18,23H,14-17H2,(H,29,32)/t23-/m0/s1. The van der Waals surface area contributed by atoms with Crippen LogP contribution in [0, 0.1) is 0 Å². The van der Waals surface area contributed by atoms with Crippen molar-refractivity contribution < 1.29 is 18.0 Å². The number of rotatable bonds is 5. The maximum absolute atomic E-state index is 13.3. The van der Waals surface area contributed by atoms with Crippen molar-refractivity contribution in [3.8, 4) is 0 Å². The Labute approximate surface area is 185 Å². The van der Waals surface area contributed by atoms with Crippen molar-refractivity contribution in [1.29, 1.82) is 0 Å². The third-order valence-corrected chi connectivity index (χ3v) is 5.62. The van der Waals surface area contributed by atoms with Crippen molar-refractivity contribution in [3.05, 3.63) is 96.1 Å². The largest absolute Gasteiger partial charge is 0.416 e. The van der Waals surface area contributed by atoms with Crippen LogP contribution >= 0.6 is 0 Å². The zero-order chi connectivity index (χ0) is 22.6. The maximum atomic E-state index is 13.3. The van der Waals surface area contributed by atoms with Gasteiger partial charge < -0.3 is 10.2 Å². The summed E-state index contributed by atoms with van der Waals surface area (Å²) >= 11 is 0. The predicted molar refractivity (Wildman–Crippen MR) is 119 cm³/mol. The van der Waals surface area contributed by atoms with Gasteiger partial charge in [0.25, 0.3) is 0 Å². The number of carbonyl (C=O) groups excluding carboxylic acids is 1. The number of anilines is 2. The normalized spacial score (nSPS) is 15.9. The molecule has 7 heteroatoms. The molecule has 3 aromatic carbocycles. The highest BCUT2D eigenvalue weighted by Gasteiger charge is 2.32. The number of nitrogens with zero attached hydrogens (tertiary/aromatic N) is 2. The second-order valence-electron chi connectivity index (χ2n) is 7.74. The van der Waals surface area contributed by atoms with Gasteiger partial charge in [-0.05, 0) is 35.9 Å². The zero-order valence-electron chi connectivity index (χ0n) is 17.4. The van der Waals surface area contributed by atoms with E-state index in [2.05, 4.69) is 27.2 Å². The zero-order valence-corrected chi connectivity index (χ0v) is 17.4. The van der Waals surface area contributed by atoms with Gasteiger partial charge in [0, 0.05) is 37.6 Å².